The van der Waals surface area contributed by atoms with Gasteiger partial charge in [0.25, 0.3) is 0 Å². The Kier molecular flexibility index (Phi) is 7.51. The third-order valence-corrected chi connectivity index (χ3v) is 4.45. The lowest BCUT2D eigenvalue weighted by Crippen LogP contribution is -2.03. The van der Waals surface area contributed by atoms with Crippen molar-refractivity contribution in [2.75, 3.05) is 6.61 Å². The summed E-state index contributed by atoms with van der Waals surface area (Å²) in [4.78, 5) is 11.6. The van der Waals surface area contributed by atoms with E-state index in [1.54, 1.807) is 12.1 Å². The molecule has 0 unspecified atom stereocenters. The van der Waals surface area contributed by atoms with Crippen LogP contribution in [0.1, 0.15) is 68.8 Å². The Hall–Kier alpha value is -1.81. The first kappa shape index (κ1) is 19.5. The molecular formula is C21H30O4. The van der Waals surface area contributed by atoms with E-state index in [0.717, 1.165) is 24.8 Å². The summed E-state index contributed by atoms with van der Waals surface area (Å²) in [6.45, 7) is 6.23. The molecule has 4 nitrogen and oxygen atoms in total. The number of Topliss-reactive ketones (excluding diaryl/α,β-unsaturated/α-hetero) is 1. The highest BCUT2D eigenvalue weighted by Gasteiger charge is 2.35. The number of phenols is 1. The molecule has 0 bridgehead atoms. The van der Waals surface area contributed by atoms with Gasteiger partial charge < -0.3 is 14.6 Å². The number of hydrogen-bond donors (Lipinski definition) is 1. The van der Waals surface area contributed by atoms with Crippen molar-refractivity contribution < 1.29 is 19.4 Å². The maximum absolute atomic E-state index is 11.6. The molecule has 0 radical (unpaired) electrons. The average Bonchev–Trinajstić information content (AvgIpc) is 3.33. The fourth-order valence-electron chi connectivity index (χ4n) is 2.96. The second-order valence-electron chi connectivity index (χ2n) is 6.59. The summed E-state index contributed by atoms with van der Waals surface area (Å²) in [6, 6.07) is 3.42. The summed E-state index contributed by atoms with van der Waals surface area (Å²) in [7, 11) is 0. The van der Waals surface area contributed by atoms with E-state index in [9.17, 15) is 9.90 Å². The number of carbonyl (C=O) groups is 1. The van der Waals surface area contributed by atoms with Crippen LogP contribution in [-0.2, 0) is 11.2 Å². The van der Waals surface area contributed by atoms with E-state index >= 15 is 0 Å². The first-order valence-corrected chi connectivity index (χ1v) is 9.39. The number of carbonyl (C=O) groups excluding carboxylic acids is 1. The van der Waals surface area contributed by atoms with Crippen molar-refractivity contribution in [3.05, 3.63) is 35.4 Å². The van der Waals surface area contributed by atoms with Crippen LogP contribution in [-0.4, -0.2) is 29.7 Å². The molecule has 1 aliphatic heterocycles. The maximum Gasteiger partial charge on any atom is 0.163 e. The highest BCUT2D eigenvalue weighted by Crippen LogP contribution is 2.33. The SMILES string of the molecule is CCCC[C@H]1O[C@@H]1C=CCCOc1ccc(C(C)=O)c(O)c1CCC. The molecule has 25 heavy (non-hydrogen) atoms. The van der Waals surface area contributed by atoms with Crippen LogP contribution in [0.2, 0.25) is 0 Å². The molecule has 0 aliphatic carbocycles. The van der Waals surface area contributed by atoms with E-state index in [-0.39, 0.29) is 17.6 Å². The summed E-state index contributed by atoms with van der Waals surface area (Å²) >= 11 is 0. The van der Waals surface area contributed by atoms with Gasteiger partial charge in [-0.3, -0.25) is 4.79 Å². The number of phenolic OH excluding ortho intramolecular Hbond substituents is 1. The van der Waals surface area contributed by atoms with Crippen LogP contribution in [0.5, 0.6) is 11.5 Å². The number of benzene rings is 1. The van der Waals surface area contributed by atoms with Gasteiger partial charge in [0, 0.05) is 5.56 Å². The number of hydrogen-bond acceptors (Lipinski definition) is 4. The number of aromatic hydroxyl groups is 1. The molecule has 2 atom stereocenters. The highest BCUT2D eigenvalue weighted by atomic mass is 16.6. The zero-order chi connectivity index (χ0) is 18.2. The Bertz CT molecular complexity index is 606. The molecule has 1 heterocycles. The Labute approximate surface area is 150 Å². The molecule has 0 aromatic heterocycles. The van der Waals surface area contributed by atoms with Gasteiger partial charge in [-0.25, -0.2) is 0 Å². The normalized spacial score (nSPS) is 19.3. The fraction of sp³-hybridized carbons (Fsp3) is 0.571. The smallest absolute Gasteiger partial charge is 0.163 e. The minimum atomic E-state index is -0.133. The maximum atomic E-state index is 11.6. The van der Waals surface area contributed by atoms with Crippen molar-refractivity contribution in [1.82, 2.24) is 0 Å². The topological polar surface area (TPSA) is 59.1 Å². The Morgan fingerprint density at radius 3 is 2.80 bits per heavy atom. The lowest BCUT2D eigenvalue weighted by Gasteiger charge is -2.14. The van der Waals surface area contributed by atoms with Gasteiger partial charge in [0.05, 0.1) is 18.3 Å². The molecule has 1 aromatic rings. The molecular weight excluding hydrogens is 316 g/mol. The van der Waals surface area contributed by atoms with Gasteiger partial charge in [0.15, 0.2) is 5.78 Å². The molecule has 1 fully saturated rings. The van der Waals surface area contributed by atoms with Crippen molar-refractivity contribution in [1.29, 1.82) is 0 Å². The van der Waals surface area contributed by atoms with Crippen LogP contribution in [0.25, 0.3) is 0 Å². The standard InChI is InChI=1S/C21H30O4/c1-4-6-10-19-20(25-19)11-7-8-14-24-18-13-12-16(15(3)22)21(23)17(18)9-5-2/h7,11-13,19-20,23H,4-6,8-10,14H2,1-3H3/t19-,20-/m1/s1. The highest BCUT2D eigenvalue weighted by molar-refractivity contribution is 5.97. The predicted octanol–water partition coefficient (Wildman–Crippen LogP) is 4.83. The van der Waals surface area contributed by atoms with Crippen LogP contribution in [0.15, 0.2) is 24.3 Å². The van der Waals surface area contributed by atoms with Gasteiger partial charge in [-0.1, -0.05) is 45.3 Å². The first-order valence-electron chi connectivity index (χ1n) is 9.39. The minimum absolute atomic E-state index is 0.0625. The number of epoxide rings is 1. The monoisotopic (exact) mass is 346 g/mol. The van der Waals surface area contributed by atoms with Gasteiger partial charge in [0.1, 0.15) is 17.6 Å². The molecule has 0 spiro atoms. The molecule has 1 N–H and O–H groups in total. The van der Waals surface area contributed by atoms with Gasteiger partial charge in [-0.15, -0.1) is 0 Å². The van der Waals surface area contributed by atoms with Gasteiger partial charge >= 0.3 is 0 Å². The Morgan fingerprint density at radius 1 is 1.32 bits per heavy atom. The lowest BCUT2D eigenvalue weighted by molar-refractivity contribution is 0.101. The largest absolute Gasteiger partial charge is 0.507 e. The minimum Gasteiger partial charge on any atom is -0.507 e. The molecule has 2 rings (SSSR count). The number of ketones is 1. The Morgan fingerprint density at radius 2 is 2.12 bits per heavy atom. The average molecular weight is 346 g/mol. The van der Waals surface area contributed by atoms with Crippen LogP contribution < -0.4 is 4.74 Å². The molecule has 1 aliphatic rings. The molecule has 0 amide bonds. The van der Waals surface area contributed by atoms with E-state index in [4.69, 9.17) is 9.47 Å². The van der Waals surface area contributed by atoms with Crippen LogP contribution in [0.3, 0.4) is 0 Å². The number of ether oxygens (including phenoxy) is 2. The zero-order valence-electron chi connectivity index (χ0n) is 15.6. The predicted molar refractivity (Wildman–Crippen MR) is 99.5 cm³/mol. The molecule has 4 heteroatoms. The van der Waals surface area contributed by atoms with E-state index < -0.39 is 0 Å². The van der Waals surface area contributed by atoms with Crippen molar-refractivity contribution in [2.45, 2.75) is 71.5 Å². The second kappa shape index (κ2) is 9.62. The molecule has 0 saturated carbocycles. The van der Waals surface area contributed by atoms with Gasteiger partial charge in [0.2, 0.25) is 0 Å². The zero-order valence-corrected chi connectivity index (χ0v) is 15.6. The van der Waals surface area contributed by atoms with E-state index in [2.05, 4.69) is 19.1 Å². The summed E-state index contributed by atoms with van der Waals surface area (Å²) in [5.74, 6) is 0.597. The van der Waals surface area contributed by atoms with E-state index in [1.165, 1.54) is 19.8 Å². The number of rotatable bonds is 11. The third-order valence-electron chi connectivity index (χ3n) is 4.45. The van der Waals surface area contributed by atoms with Crippen LogP contribution in [0, 0.1) is 0 Å². The second-order valence-corrected chi connectivity index (χ2v) is 6.59. The lowest BCUT2D eigenvalue weighted by atomic mass is 10.0. The summed E-state index contributed by atoms with van der Waals surface area (Å²) in [6.07, 6.45) is 10.8. The quantitative estimate of drug-likeness (QED) is 0.270. The van der Waals surface area contributed by atoms with Crippen molar-refractivity contribution in [3.8, 4) is 11.5 Å². The van der Waals surface area contributed by atoms with Crippen molar-refractivity contribution >= 4 is 5.78 Å². The first-order chi connectivity index (χ1) is 12.1. The summed E-state index contributed by atoms with van der Waals surface area (Å²) in [5.41, 5.74) is 1.09. The number of unbranched alkanes of at least 4 members (excludes halogenated alkanes) is 1. The fourth-order valence-corrected chi connectivity index (χ4v) is 2.96. The van der Waals surface area contributed by atoms with Crippen LogP contribution in [0.4, 0.5) is 0 Å². The third kappa shape index (κ3) is 5.60. The van der Waals surface area contributed by atoms with Gasteiger partial charge in [-0.2, -0.15) is 0 Å². The molecule has 1 saturated heterocycles. The summed E-state index contributed by atoms with van der Waals surface area (Å²) < 4.78 is 11.4. The van der Waals surface area contributed by atoms with Crippen molar-refractivity contribution in [2.24, 2.45) is 0 Å². The Balaban J connectivity index is 1.84. The van der Waals surface area contributed by atoms with Crippen LogP contribution >= 0.6 is 0 Å². The van der Waals surface area contributed by atoms with E-state index in [1.807, 2.05) is 6.92 Å². The van der Waals surface area contributed by atoms with E-state index in [0.29, 0.717) is 30.4 Å². The summed E-state index contributed by atoms with van der Waals surface area (Å²) in [5, 5.41) is 10.3. The van der Waals surface area contributed by atoms with Gasteiger partial charge in [-0.05, 0) is 38.3 Å². The van der Waals surface area contributed by atoms with Crippen molar-refractivity contribution in [3.63, 3.8) is 0 Å². The molecule has 1 aromatic carbocycles. The molecule has 138 valence electrons.